The Labute approximate surface area is 130 Å². The summed E-state index contributed by atoms with van der Waals surface area (Å²) in [6.45, 7) is 0. The van der Waals surface area contributed by atoms with Crippen LogP contribution in [0.3, 0.4) is 0 Å². The molecule has 1 N–H and O–H groups in total. The highest BCUT2D eigenvalue weighted by molar-refractivity contribution is 6.42. The number of amides is 2. The minimum atomic E-state index is -0.594. The van der Waals surface area contributed by atoms with Gasteiger partial charge in [0.1, 0.15) is 11.5 Å². The number of carbonyl (C=O) groups excluding carboxylic acids is 2. The third-order valence-corrected chi connectivity index (χ3v) is 3.58. The van der Waals surface area contributed by atoms with Gasteiger partial charge in [0.15, 0.2) is 0 Å². The van der Waals surface area contributed by atoms with Crippen molar-refractivity contribution < 1.29 is 14.0 Å². The molecule has 0 unspecified atom stereocenters. The molecule has 0 radical (unpaired) electrons. The highest BCUT2D eigenvalue weighted by Gasteiger charge is 2.35. The number of anilines is 1. The first-order valence-corrected chi connectivity index (χ1v) is 6.78. The fourth-order valence-corrected chi connectivity index (χ4v) is 2.48. The summed E-state index contributed by atoms with van der Waals surface area (Å²) in [7, 11) is 0. The van der Waals surface area contributed by atoms with E-state index in [4.69, 9.17) is 11.8 Å². The fourth-order valence-electron chi connectivity index (χ4n) is 2.21. The van der Waals surface area contributed by atoms with Gasteiger partial charge in [0.05, 0.1) is 11.3 Å². The molecule has 110 valence electrons. The monoisotopic (exact) mass is 316 g/mol. The van der Waals surface area contributed by atoms with Crippen molar-refractivity contribution in [1.82, 2.24) is 5.32 Å². The third kappa shape index (κ3) is 2.46. The number of imide groups is 1. The maximum atomic E-state index is 13.0. The van der Waals surface area contributed by atoms with Gasteiger partial charge in [-0.3, -0.25) is 14.9 Å². The summed E-state index contributed by atoms with van der Waals surface area (Å²) in [5.41, 5.74) is 1.17. The molecule has 4 nitrogen and oxygen atoms in total. The minimum Gasteiger partial charge on any atom is -0.287 e. The van der Waals surface area contributed by atoms with Crippen LogP contribution in [0.1, 0.15) is 5.56 Å². The molecule has 1 heterocycles. The van der Waals surface area contributed by atoms with E-state index in [1.807, 2.05) is 0 Å². The van der Waals surface area contributed by atoms with Gasteiger partial charge in [-0.05, 0) is 29.8 Å². The number of rotatable bonds is 3. The van der Waals surface area contributed by atoms with Crippen molar-refractivity contribution in [3.05, 3.63) is 71.7 Å². The van der Waals surface area contributed by atoms with Gasteiger partial charge in [0.25, 0.3) is 11.8 Å². The molecular weight excluding hydrogens is 307 g/mol. The second-order valence-corrected chi connectivity index (χ2v) is 4.97. The van der Waals surface area contributed by atoms with Crippen LogP contribution in [0.25, 0.3) is 5.57 Å². The molecule has 22 heavy (non-hydrogen) atoms. The largest absolute Gasteiger partial charge is 0.287 e. The number of hydrogen-bond donors (Lipinski definition) is 1. The maximum absolute atomic E-state index is 13.0. The van der Waals surface area contributed by atoms with E-state index in [1.54, 1.807) is 30.3 Å². The van der Waals surface area contributed by atoms with Gasteiger partial charge in [-0.1, -0.05) is 30.3 Å². The molecular formula is C16H10ClFN2O2. The lowest BCUT2D eigenvalue weighted by molar-refractivity contribution is -0.123. The lowest BCUT2D eigenvalue weighted by atomic mass is 10.0. The molecule has 2 aromatic carbocycles. The van der Waals surface area contributed by atoms with Crippen LogP contribution in [0.4, 0.5) is 10.1 Å². The van der Waals surface area contributed by atoms with Crippen LogP contribution in [-0.4, -0.2) is 11.8 Å². The smallest absolute Gasteiger partial charge is 0.276 e. The topological polar surface area (TPSA) is 49.4 Å². The zero-order chi connectivity index (χ0) is 15.7. The Hall–Kier alpha value is -2.66. The van der Waals surface area contributed by atoms with Crippen molar-refractivity contribution in [2.75, 3.05) is 4.42 Å². The second kappa shape index (κ2) is 5.61. The van der Waals surface area contributed by atoms with Gasteiger partial charge in [-0.25, -0.2) is 8.81 Å². The van der Waals surface area contributed by atoms with Crippen molar-refractivity contribution >= 4 is 34.9 Å². The zero-order valence-corrected chi connectivity index (χ0v) is 12.0. The summed E-state index contributed by atoms with van der Waals surface area (Å²) >= 11 is 6.21. The van der Waals surface area contributed by atoms with Crippen molar-refractivity contribution in [3.63, 3.8) is 0 Å². The lowest BCUT2D eigenvalue weighted by Crippen LogP contribution is -2.26. The number of benzene rings is 2. The SMILES string of the molecule is O=C1NC(=O)C(N(Cl)c2ccc(F)cc2)=C1c1ccccc1. The average Bonchev–Trinajstić information content (AvgIpc) is 2.82. The molecule has 0 aliphatic carbocycles. The normalized spacial score (nSPS) is 14.3. The maximum Gasteiger partial charge on any atom is 0.276 e. The van der Waals surface area contributed by atoms with E-state index in [0.717, 1.165) is 4.42 Å². The van der Waals surface area contributed by atoms with Crippen LogP contribution in [0, 0.1) is 5.82 Å². The summed E-state index contributed by atoms with van der Waals surface area (Å²) < 4.78 is 14.1. The van der Waals surface area contributed by atoms with E-state index >= 15 is 0 Å². The molecule has 1 aliphatic heterocycles. The Bertz CT molecular complexity index is 772. The van der Waals surface area contributed by atoms with Crippen LogP contribution in [0.15, 0.2) is 60.3 Å². The van der Waals surface area contributed by atoms with Crippen LogP contribution >= 0.6 is 11.8 Å². The lowest BCUT2D eigenvalue weighted by Gasteiger charge is -2.16. The van der Waals surface area contributed by atoms with E-state index in [9.17, 15) is 14.0 Å². The summed E-state index contributed by atoms with van der Waals surface area (Å²) in [4.78, 5) is 24.1. The highest BCUT2D eigenvalue weighted by Crippen LogP contribution is 2.31. The van der Waals surface area contributed by atoms with Gasteiger partial charge in [0.2, 0.25) is 0 Å². The molecule has 2 amide bonds. The predicted octanol–water partition coefficient (Wildman–Crippen LogP) is 2.85. The predicted molar refractivity (Wildman–Crippen MR) is 81.2 cm³/mol. The van der Waals surface area contributed by atoms with Crippen LogP contribution in [-0.2, 0) is 9.59 Å². The minimum absolute atomic E-state index is 0.0180. The third-order valence-electron chi connectivity index (χ3n) is 3.22. The molecule has 6 heteroatoms. The fraction of sp³-hybridized carbons (Fsp3) is 0. The molecule has 0 saturated heterocycles. The van der Waals surface area contributed by atoms with Crippen molar-refractivity contribution in [1.29, 1.82) is 0 Å². The Balaban J connectivity index is 2.11. The van der Waals surface area contributed by atoms with Gasteiger partial charge in [-0.15, -0.1) is 0 Å². The average molecular weight is 317 g/mol. The van der Waals surface area contributed by atoms with Gasteiger partial charge >= 0.3 is 0 Å². The summed E-state index contributed by atoms with van der Waals surface area (Å²) in [5, 5.41) is 2.23. The highest BCUT2D eigenvalue weighted by atomic mass is 35.5. The number of hydrogen-bond acceptors (Lipinski definition) is 3. The molecule has 1 aliphatic rings. The summed E-state index contributed by atoms with van der Waals surface area (Å²) in [6.07, 6.45) is 0. The van der Waals surface area contributed by atoms with Crippen molar-refractivity contribution in [2.24, 2.45) is 0 Å². The van der Waals surface area contributed by atoms with E-state index in [2.05, 4.69) is 5.32 Å². The molecule has 0 spiro atoms. The number of carbonyl (C=O) groups is 2. The number of halogens is 2. The molecule has 3 rings (SSSR count). The molecule has 0 fully saturated rings. The molecule has 0 aromatic heterocycles. The Morgan fingerprint density at radius 2 is 1.55 bits per heavy atom. The van der Waals surface area contributed by atoms with Gasteiger partial charge in [-0.2, -0.15) is 0 Å². The first-order valence-electron chi connectivity index (χ1n) is 6.45. The molecule has 0 bridgehead atoms. The summed E-state index contributed by atoms with van der Waals surface area (Å²) in [5.74, 6) is -1.53. The zero-order valence-electron chi connectivity index (χ0n) is 11.2. The first-order chi connectivity index (χ1) is 10.6. The van der Waals surface area contributed by atoms with Gasteiger partial charge < -0.3 is 0 Å². The van der Waals surface area contributed by atoms with Crippen LogP contribution < -0.4 is 9.74 Å². The Morgan fingerprint density at radius 1 is 0.909 bits per heavy atom. The number of nitrogens with one attached hydrogen (secondary N) is 1. The standard InChI is InChI=1S/C16H10ClFN2O2/c17-20(12-8-6-11(18)7-9-12)14-13(15(21)19-16(14)22)10-4-2-1-3-5-10/h1-9H,(H,19,21,22). The van der Waals surface area contributed by atoms with E-state index in [0.29, 0.717) is 11.3 Å². The Kier molecular flexibility index (Phi) is 3.65. The van der Waals surface area contributed by atoms with Crippen LogP contribution in [0.2, 0.25) is 0 Å². The summed E-state index contributed by atoms with van der Waals surface area (Å²) in [6, 6.07) is 14.0. The van der Waals surface area contributed by atoms with Crippen LogP contribution in [0.5, 0.6) is 0 Å². The van der Waals surface area contributed by atoms with Crippen molar-refractivity contribution in [3.8, 4) is 0 Å². The number of nitrogens with zero attached hydrogens (tertiary/aromatic N) is 1. The first kappa shape index (κ1) is 14.3. The van der Waals surface area contributed by atoms with E-state index in [-0.39, 0.29) is 11.3 Å². The van der Waals surface area contributed by atoms with Gasteiger partial charge in [0, 0.05) is 11.8 Å². The molecule has 0 saturated carbocycles. The van der Waals surface area contributed by atoms with Crippen molar-refractivity contribution in [2.45, 2.75) is 0 Å². The molecule has 2 aromatic rings. The van der Waals surface area contributed by atoms with E-state index in [1.165, 1.54) is 24.3 Å². The quantitative estimate of drug-likeness (QED) is 0.700. The molecule has 0 atom stereocenters. The Morgan fingerprint density at radius 3 is 2.18 bits per heavy atom. The van der Waals surface area contributed by atoms with E-state index < -0.39 is 17.6 Å². The second-order valence-electron chi connectivity index (χ2n) is 4.63.